The maximum Gasteiger partial charge on any atom is 0.459 e. The Kier molecular flexibility index (Phi) is 6.09. The van der Waals surface area contributed by atoms with Crippen molar-refractivity contribution in [1.29, 1.82) is 0 Å². The van der Waals surface area contributed by atoms with E-state index in [-0.39, 0.29) is 18.7 Å². The fourth-order valence-electron chi connectivity index (χ4n) is 3.40. The topological polar surface area (TPSA) is 29.5 Å². The molecule has 1 fully saturated rings. The first kappa shape index (κ1) is 23.2. The zero-order chi connectivity index (χ0) is 22.3. The van der Waals surface area contributed by atoms with Crippen molar-refractivity contribution in [3.05, 3.63) is 48.0 Å². The highest BCUT2D eigenvalue weighted by Crippen LogP contribution is 2.55. The van der Waals surface area contributed by atoms with Crippen LogP contribution >= 0.6 is 0 Å². The molecule has 1 aliphatic rings. The summed E-state index contributed by atoms with van der Waals surface area (Å²) in [5.74, 6) is -14.0. The molecule has 0 unspecified atom stereocenters. The summed E-state index contributed by atoms with van der Waals surface area (Å²) >= 11 is 0. The molecule has 1 aromatic carbocycles. The van der Waals surface area contributed by atoms with Crippen molar-refractivity contribution in [2.24, 2.45) is 11.3 Å². The summed E-state index contributed by atoms with van der Waals surface area (Å²) in [4.78, 5) is 18.1. The molecule has 1 amide bonds. The van der Waals surface area contributed by atoms with Crippen LogP contribution in [-0.4, -0.2) is 35.5 Å². The number of alkyl halides is 7. The van der Waals surface area contributed by atoms with Gasteiger partial charge >= 0.3 is 18.0 Å². The molecule has 1 heterocycles. The molecule has 0 saturated carbocycles. The van der Waals surface area contributed by atoms with Crippen LogP contribution in [0.2, 0.25) is 0 Å². The van der Waals surface area contributed by atoms with Gasteiger partial charge in [-0.15, -0.1) is 0 Å². The Labute approximate surface area is 163 Å². The fourth-order valence-corrected chi connectivity index (χ4v) is 3.40. The Morgan fingerprint density at radius 1 is 1.17 bits per heavy atom. The minimum Gasteiger partial charge on any atom is -0.272 e. The third-order valence-corrected chi connectivity index (χ3v) is 5.06. The van der Waals surface area contributed by atoms with Crippen LogP contribution in [0.5, 0.6) is 0 Å². The lowest BCUT2D eigenvalue weighted by Gasteiger charge is -2.36. The molecule has 2 rings (SSSR count). The molecular formula is C19H20F7NO2. The predicted octanol–water partition coefficient (Wildman–Crippen LogP) is 5.38. The molecule has 1 aromatic rings. The van der Waals surface area contributed by atoms with Gasteiger partial charge in [-0.05, 0) is 19.4 Å². The number of nitrogens with zero attached hydrogens (tertiary/aromatic N) is 1. The van der Waals surface area contributed by atoms with E-state index in [9.17, 15) is 35.5 Å². The number of hydrogen-bond acceptors (Lipinski definition) is 2. The van der Waals surface area contributed by atoms with Crippen LogP contribution in [0.3, 0.4) is 0 Å². The summed E-state index contributed by atoms with van der Waals surface area (Å²) < 4.78 is 92.4. The monoisotopic (exact) mass is 427 g/mol. The summed E-state index contributed by atoms with van der Waals surface area (Å²) in [7, 11) is 0. The van der Waals surface area contributed by atoms with Gasteiger partial charge in [0.1, 0.15) is 6.61 Å². The summed E-state index contributed by atoms with van der Waals surface area (Å²) in [6.07, 6.45) is -8.47. The first-order chi connectivity index (χ1) is 13.1. The maximum absolute atomic E-state index is 14.1. The SMILES string of the molecule is C=C(C)[C@H]1CN(OCc2ccccc2)C(=O)[C@@]1(C)CC(F)(F)C(F)(F)C(F)(F)F. The van der Waals surface area contributed by atoms with Crippen molar-refractivity contribution in [2.45, 2.75) is 44.9 Å². The Morgan fingerprint density at radius 3 is 2.21 bits per heavy atom. The van der Waals surface area contributed by atoms with Gasteiger partial charge < -0.3 is 0 Å². The van der Waals surface area contributed by atoms with E-state index in [0.29, 0.717) is 5.56 Å². The first-order valence-corrected chi connectivity index (χ1v) is 8.60. The number of carbonyl (C=O) groups excluding carboxylic acids is 1. The van der Waals surface area contributed by atoms with Gasteiger partial charge in [0, 0.05) is 12.3 Å². The standard InChI is InChI=1S/C19H20F7NO2/c1-12(2)14-9-27(29-10-13-7-5-4-6-8-13)15(28)16(14,3)11-17(20,21)18(22,23)19(24,25)26/h4-8,14H,1,9-11H2,2-3H3/t14-,16+/m1/s1. The lowest BCUT2D eigenvalue weighted by Crippen LogP contribution is -2.55. The van der Waals surface area contributed by atoms with Crippen LogP contribution < -0.4 is 0 Å². The van der Waals surface area contributed by atoms with Gasteiger partial charge in [-0.3, -0.25) is 9.63 Å². The quantitative estimate of drug-likeness (QED) is 0.432. The minimum absolute atomic E-state index is 0.110. The second-order valence-corrected chi connectivity index (χ2v) is 7.40. The molecular weight excluding hydrogens is 407 g/mol. The Hall–Kier alpha value is -2.10. The molecule has 162 valence electrons. The highest BCUT2D eigenvalue weighted by Gasteiger charge is 2.75. The molecule has 29 heavy (non-hydrogen) atoms. The van der Waals surface area contributed by atoms with Gasteiger partial charge in [-0.2, -0.15) is 30.7 Å². The zero-order valence-electron chi connectivity index (χ0n) is 15.7. The number of rotatable bonds is 7. The van der Waals surface area contributed by atoms with Crippen LogP contribution in [0.1, 0.15) is 25.8 Å². The fraction of sp³-hybridized carbons (Fsp3) is 0.526. The van der Waals surface area contributed by atoms with E-state index >= 15 is 0 Å². The normalized spacial score (nSPS) is 23.6. The molecule has 0 aromatic heterocycles. The van der Waals surface area contributed by atoms with Crippen molar-refractivity contribution >= 4 is 5.91 Å². The first-order valence-electron chi connectivity index (χ1n) is 8.60. The lowest BCUT2D eigenvalue weighted by atomic mass is 9.71. The van der Waals surface area contributed by atoms with Crippen LogP contribution in [0.4, 0.5) is 30.7 Å². The Bertz CT molecular complexity index is 764. The molecule has 10 heteroatoms. The van der Waals surface area contributed by atoms with E-state index in [4.69, 9.17) is 4.84 Å². The largest absolute Gasteiger partial charge is 0.459 e. The van der Waals surface area contributed by atoms with Crippen LogP contribution in [0, 0.1) is 11.3 Å². The van der Waals surface area contributed by atoms with Gasteiger partial charge in [-0.25, -0.2) is 5.06 Å². The molecule has 0 spiro atoms. The van der Waals surface area contributed by atoms with E-state index in [1.165, 1.54) is 6.92 Å². The average Bonchev–Trinajstić information content (AvgIpc) is 2.83. The van der Waals surface area contributed by atoms with Crippen LogP contribution in [0.15, 0.2) is 42.5 Å². The molecule has 2 atom stereocenters. The molecule has 0 aliphatic carbocycles. The molecule has 1 saturated heterocycles. The maximum atomic E-state index is 14.1. The number of amides is 1. The molecule has 0 N–H and O–H groups in total. The second-order valence-electron chi connectivity index (χ2n) is 7.40. The molecule has 3 nitrogen and oxygen atoms in total. The Morgan fingerprint density at radius 2 is 1.72 bits per heavy atom. The van der Waals surface area contributed by atoms with E-state index in [0.717, 1.165) is 12.0 Å². The van der Waals surface area contributed by atoms with Gasteiger partial charge in [0.05, 0.1) is 12.0 Å². The lowest BCUT2D eigenvalue weighted by molar-refractivity contribution is -0.359. The zero-order valence-corrected chi connectivity index (χ0v) is 15.7. The highest BCUT2D eigenvalue weighted by atomic mass is 19.4. The highest BCUT2D eigenvalue weighted by molar-refractivity contribution is 5.84. The average molecular weight is 427 g/mol. The number of hydrogen-bond donors (Lipinski definition) is 0. The number of hydroxylamine groups is 2. The minimum atomic E-state index is -6.46. The Balaban J connectivity index is 2.28. The van der Waals surface area contributed by atoms with Gasteiger partial charge in [0.2, 0.25) is 0 Å². The van der Waals surface area contributed by atoms with Crippen molar-refractivity contribution < 1.29 is 40.4 Å². The summed E-state index contributed by atoms with van der Waals surface area (Å²) in [5.41, 5.74) is -1.41. The van der Waals surface area contributed by atoms with E-state index < -0.39 is 41.7 Å². The van der Waals surface area contributed by atoms with Gasteiger partial charge in [0.15, 0.2) is 0 Å². The number of halogens is 7. The molecule has 0 bridgehead atoms. The van der Waals surface area contributed by atoms with Crippen molar-refractivity contribution in [3.8, 4) is 0 Å². The van der Waals surface area contributed by atoms with Gasteiger partial charge in [0.25, 0.3) is 5.91 Å². The van der Waals surface area contributed by atoms with E-state index in [1.807, 2.05) is 0 Å². The third-order valence-electron chi connectivity index (χ3n) is 5.06. The molecule has 1 aliphatic heterocycles. The third kappa shape index (κ3) is 4.26. The van der Waals surface area contributed by atoms with Crippen molar-refractivity contribution in [2.75, 3.05) is 6.54 Å². The number of carbonyl (C=O) groups is 1. The molecule has 0 radical (unpaired) electrons. The van der Waals surface area contributed by atoms with Crippen molar-refractivity contribution in [1.82, 2.24) is 5.06 Å². The number of benzene rings is 1. The second kappa shape index (κ2) is 7.62. The van der Waals surface area contributed by atoms with E-state index in [1.54, 1.807) is 30.3 Å². The smallest absolute Gasteiger partial charge is 0.272 e. The summed E-state index contributed by atoms with van der Waals surface area (Å²) in [5, 5.41) is 0.730. The summed E-state index contributed by atoms with van der Waals surface area (Å²) in [6, 6.07) is 8.49. The summed E-state index contributed by atoms with van der Waals surface area (Å²) in [6.45, 7) is 5.49. The van der Waals surface area contributed by atoms with E-state index in [2.05, 4.69) is 6.58 Å². The predicted molar refractivity (Wildman–Crippen MR) is 89.9 cm³/mol. The van der Waals surface area contributed by atoms with Crippen molar-refractivity contribution in [3.63, 3.8) is 0 Å². The van der Waals surface area contributed by atoms with Crippen LogP contribution in [0.25, 0.3) is 0 Å². The van der Waals surface area contributed by atoms with Crippen LogP contribution in [-0.2, 0) is 16.2 Å². The van der Waals surface area contributed by atoms with Gasteiger partial charge in [-0.1, -0.05) is 42.5 Å².